The maximum Gasteiger partial charge on any atom is 0.147 e. The lowest BCUT2D eigenvalue weighted by atomic mass is 10.2. The van der Waals surface area contributed by atoms with E-state index in [4.69, 9.17) is 10.00 Å². The second-order valence-electron chi connectivity index (χ2n) is 6.56. The smallest absolute Gasteiger partial charge is 0.147 e. The van der Waals surface area contributed by atoms with E-state index in [1.165, 1.54) is 12.8 Å². The Balaban J connectivity index is 1.44. The van der Waals surface area contributed by atoms with Crippen molar-refractivity contribution in [1.82, 2.24) is 19.7 Å². The minimum Gasteiger partial charge on any atom is -0.494 e. The zero-order valence-electron chi connectivity index (χ0n) is 15.0. The largest absolute Gasteiger partial charge is 0.494 e. The first-order valence-electron chi connectivity index (χ1n) is 8.91. The molecule has 2 aromatic rings. The second-order valence-corrected chi connectivity index (χ2v) is 6.56. The summed E-state index contributed by atoms with van der Waals surface area (Å²) in [5.74, 6) is 2.66. The molecule has 6 heteroatoms. The summed E-state index contributed by atoms with van der Waals surface area (Å²) in [7, 11) is 0. The van der Waals surface area contributed by atoms with Gasteiger partial charge in [0.2, 0.25) is 0 Å². The first kappa shape index (κ1) is 17.4. The van der Waals surface area contributed by atoms with E-state index in [0.717, 1.165) is 43.5 Å². The van der Waals surface area contributed by atoms with Crippen molar-refractivity contribution in [3.63, 3.8) is 0 Å². The number of likely N-dealkylation sites (tertiary alicyclic amines) is 1. The zero-order valence-corrected chi connectivity index (χ0v) is 15.0. The molecule has 0 unspecified atom stereocenters. The Kier molecular flexibility index (Phi) is 5.67. The van der Waals surface area contributed by atoms with Crippen LogP contribution in [0.4, 0.5) is 0 Å². The number of aryl methyl sites for hydroxylation is 2. The van der Waals surface area contributed by atoms with Crippen molar-refractivity contribution >= 4 is 0 Å². The molecular weight excluding hydrogens is 314 g/mol. The molecule has 0 bridgehead atoms. The molecule has 0 N–H and O–H groups in total. The molecule has 3 rings (SSSR count). The van der Waals surface area contributed by atoms with Gasteiger partial charge in [-0.2, -0.15) is 10.4 Å². The summed E-state index contributed by atoms with van der Waals surface area (Å²) in [6.07, 6.45) is 3.45. The van der Waals surface area contributed by atoms with Crippen LogP contribution in [-0.2, 0) is 6.54 Å². The first-order valence-corrected chi connectivity index (χ1v) is 8.91. The van der Waals surface area contributed by atoms with Gasteiger partial charge in [0, 0.05) is 12.6 Å². The highest BCUT2D eigenvalue weighted by Crippen LogP contribution is 2.19. The maximum absolute atomic E-state index is 8.81. The van der Waals surface area contributed by atoms with Crippen LogP contribution in [0.15, 0.2) is 24.3 Å². The number of benzene rings is 1. The minimum absolute atomic E-state index is 0.537. The number of hydrogen-bond donors (Lipinski definition) is 0. The average Bonchev–Trinajstić information content (AvgIpc) is 3.18. The SMILES string of the molecule is Cc1nc(C)n(C[C@H]2CCCN2CCCOc2ccc(C#N)cc2)n1. The van der Waals surface area contributed by atoms with E-state index in [-0.39, 0.29) is 0 Å². The third-order valence-corrected chi connectivity index (χ3v) is 4.69. The van der Waals surface area contributed by atoms with E-state index in [0.29, 0.717) is 18.2 Å². The van der Waals surface area contributed by atoms with Gasteiger partial charge in [0.25, 0.3) is 0 Å². The standard InChI is InChI=1S/C19H25N5O/c1-15-21-16(2)24(22-15)14-18-5-3-10-23(18)11-4-12-25-19-8-6-17(13-20)7-9-19/h6-9,18H,3-5,10-12,14H2,1-2H3/t18-/m1/s1. The summed E-state index contributed by atoms with van der Waals surface area (Å²) in [6.45, 7) is 7.75. The monoisotopic (exact) mass is 339 g/mol. The second kappa shape index (κ2) is 8.13. The van der Waals surface area contributed by atoms with Crippen molar-refractivity contribution in [2.24, 2.45) is 0 Å². The van der Waals surface area contributed by atoms with Gasteiger partial charge in [-0.15, -0.1) is 0 Å². The van der Waals surface area contributed by atoms with E-state index in [2.05, 4.69) is 21.1 Å². The van der Waals surface area contributed by atoms with E-state index < -0.39 is 0 Å². The third-order valence-electron chi connectivity index (χ3n) is 4.69. The number of ether oxygens (including phenoxy) is 1. The molecule has 25 heavy (non-hydrogen) atoms. The molecule has 2 heterocycles. The summed E-state index contributed by atoms with van der Waals surface area (Å²) < 4.78 is 7.81. The zero-order chi connectivity index (χ0) is 17.6. The number of rotatable bonds is 7. The molecule has 0 amide bonds. The molecule has 1 aliphatic rings. The molecule has 0 aliphatic carbocycles. The fourth-order valence-electron chi connectivity index (χ4n) is 3.41. The Morgan fingerprint density at radius 1 is 1.28 bits per heavy atom. The van der Waals surface area contributed by atoms with Crippen LogP contribution in [0.2, 0.25) is 0 Å². The molecule has 1 aromatic carbocycles. The summed E-state index contributed by atoms with van der Waals surface area (Å²) in [6, 6.07) is 9.93. The molecule has 6 nitrogen and oxygen atoms in total. The van der Waals surface area contributed by atoms with Gasteiger partial charge in [0.05, 0.1) is 24.8 Å². The van der Waals surface area contributed by atoms with Crippen molar-refractivity contribution in [2.45, 2.75) is 45.7 Å². The van der Waals surface area contributed by atoms with Crippen LogP contribution in [-0.4, -0.2) is 45.4 Å². The molecule has 1 aromatic heterocycles. The van der Waals surface area contributed by atoms with Crippen molar-refractivity contribution in [2.75, 3.05) is 19.7 Å². The van der Waals surface area contributed by atoms with E-state index >= 15 is 0 Å². The van der Waals surface area contributed by atoms with Crippen molar-refractivity contribution in [1.29, 1.82) is 5.26 Å². The molecule has 132 valence electrons. The van der Waals surface area contributed by atoms with Gasteiger partial charge in [-0.25, -0.2) is 9.67 Å². The van der Waals surface area contributed by atoms with Crippen molar-refractivity contribution < 1.29 is 4.74 Å². The van der Waals surface area contributed by atoms with Crippen LogP contribution >= 0.6 is 0 Å². The predicted octanol–water partition coefficient (Wildman–Crippen LogP) is 2.70. The molecular formula is C19H25N5O. The van der Waals surface area contributed by atoms with Gasteiger partial charge in [-0.3, -0.25) is 4.90 Å². The molecule has 1 saturated heterocycles. The van der Waals surface area contributed by atoms with Gasteiger partial charge in [0.1, 0.15) is 17.4 Å². The van der Waals surface area contributed by atoms with Gasteiger partial charge in [-0.05, 0) is 63.9 Å². The average molecular weight is 339 g/mol. The lowest BCUT2D eigenvalue weighted by Gasteiger charge is -2.24. The summed E-state index contributed by atoms with van der Waals surface area (Å²) in [4.78, 5) is 6.93. The molecule has 1 fully saturated rings. The van der Waals surface area contributed by atoms with Crippen LogP contribution in [0.1, 0.15) is 36.5 Å². The van der Waals surface area contributed by atoms with Gasteiger partial charge >= 0.3 is 0 Å². The van der Waals surface area contributed by atoms with E-state index in [1.807, 2.05) is 30.7 Å². The topological polar surface area (TPSA) is 67.0 Å². The quantitative estimate of drug-likeness (QED) is 0.726. The van der Waals surface area contributed by atoms with Gasteiger partial charge < -0.3 is 4.74 Å². The van der Waals surface area contributed by atoms with Crippen molar-refractivity contribution in [3.8, 4) is 11.8 Å². The number of nitrogens with zero attached hydrogens (tertiary/aromatic N) is 5. The van der Waals surface area contributed by atoms with Gasteiger partial charge in [-0.1, -0.05) is 0 Å². The fraction of sp³-hybridized carbons (Fsp3) is 0.526. The molecule has 0 saturated carbocycles. The summed E-state index contributed by atoms with van der Waals surface area (Å²) >= 11 is 0. The highest BCUT2D eigenvalue weighted by atomic mass is 16.5. The highest BCUT2D eigenvalue weighted by molar-refractivity contribution is 5.34. The van der Waals surface area contributed by atoms with Crippen LogP contribution in [0.3, 0.4) is 0 Å². The first-order chi connectivity index (χ1) is 12.2. The Bertz CT molecular complexity index is 731. The molecule has 1 aliphatic heterocycles. The van der Waals surface area contributed by atoms with Crippen molar-refractivity contribution in [3.05, 3.63) is 41.5 Å². The minimum atomic E-state index is 0.537. The fourth-order valence-corrected chi connectivity index (χ4v) is 3.41. The Morgan fingerprint density at radius 2 is 2.08 bits per heavy atom. The molecule has 1 atom stereocenters. The summed E-state index contributed by atoms with van der Waals surface area (Å²) in [5.41, 5.74) is 0.658. The molecule has 0 radical (unpaired) electrons. The third kappa shape index (κ3) is 4.58. The number of hydrogen-bond acceptors (Lipinski definition) is 5. The Labute approximate surface area is 149 Å². The lowest BCUT2D eigenvalue weighted by Crippen LogP contribution is -2.34. The van der Waals surface area contributed by atoms with Crippen LogP contribution in [0, 0.1) is 25.2 Å². The van der Waals surface area contributed by atoms with Crippen LogP contribution in [0.25, 0.3) is 0 Å². The normalized spacial score (nSPS) is 17.6. The van der Waals surface area contributed by atoms with E-state index in [9.17, 15) is 0 Å². The Morgan fingerprint density at radius 3 is 2.76 bits per heavy atom. The highest BCUT2D eigenvalue weighted by Gasteiger charge is 2.25. The number of nitriles is 1. The van der Waals surface area contributed by atoms with E-state index in [1.54, 1.807) is 12.1 Å². The van der Waals surface area contributed by atoms with Gasteiger partial charge in [0.15, 0.2) is 0 Å². The predicted molar refractivity (Wildman–Crippen MR) is 95.4 cm³/mol. The van der Waals surface area contributed by atoms with Crippen LogP contribution in [0.5, 0.6) is 5.75 Å². The van der Waals surface area contributed by atoms with Crippen LogP contribution < -0.4 is 4.74 Å². The Hall–Kier alpha value is -2.39. The maximum atomic E-state index is 8.81. The number of aromatic nitrogens is 3. The summed E-state index contributed by atoms with van der Waals surface area (Å²) in [5, 5.41) is 13.3. The molecule has 0 spiro atoms. The lowest BCUT2D eigenvalue weighted by molar-refractivity contribution is 0.203.